The summed E-state index contributed by atoms with van der Waals surface area (Å²) < 4.78 is 37.3. The van der Waals surface area contributed by atoms with Crippen molar-refractivity contribution in [2.75, 3.05) is 13.1 Å². The smallest absolute Gasteiger partial charge is 0.314 e. The number of nitrogens with zero attached hydrogens (tertiary/aromatic N) is 1. The molecule has 0 fully saturated rings. The van der Waals surface area contributed by atoms with Crippen molar-refractivity contribution in [1.82, 2.24) is 10.2 Å². The average Bonchev–Trinajstić information content (AvgIpc) is 2.11. The van der Waals surface area contributed by atoms with E-state index in [0.717, 1.165) is 13.0 Å². The molecule has 0 bridgehead atoms. The molecule has 0 radical (unpaired) electrons. The predicted molar refractivity (Wildman–Crippen MR) is 65.1 cm³/mol. The van der Waals surface area contributed by atoms with E-state index in [1.807, 2.05) is 20.8 Å². The van der Waals surface area contributed by atoms with Crippen LogP contribution in [-0.2, 0) is 0 Å². The first kappa shape index (κ1) is 16.7. The maximum absolute atomic E-state index is 12.4. The van der Waals surface area contributed by atoms with Crippen LogP contribution in [0.5, 0.6) is 0 Å². The molecule has 5 heteroatoms. The van der Waals surface area contributed by atoms with Crippen molar-refractivity contribution >= 4 is 0 Å². The first-order valence-corrected chi connectivity index (χ1v) is 6.19. The standard InChI is InChI=1S/C12H25F3N2/c1-9(2)16-7-6-11(5)17(10(3)4)8-12(13,14)15/h9-11,16H,6-8H2,1-5H3. The Morgan fingerprint density at radius 1 is 1.06 bits per heavy atom. The summed E-state index contributed by atoms with van der Waals surface area (Å²) in [6, 6.07) is 0.214. The minimum Gasteiger partial charge on any atom is -0.314 e. The van der Waals surface area contributed by atoms with Gasteiger partial charge in [0.2, 0.25) is 0 Å². The van der Waals surface area contributed by atoms with Crippen LogP contribution < -0.4 is 5.32 Å². The Morgan fingerprint density at radius 3 is 1.94 bits per heavy atom. The normalized spacial score (nSPS) is 15.0. The molecule has 0 aromatic carbocycles. The van der Waals surface area contributed by atoms with Gasteiger partial charge in [-0.2, -0.15) is 13.2 Å². The number of hydrogen-bond donors (Lipinski definition) is 1. The van der Waals surface area contributed by atoms with Crippen LogP contribution in [0.2, 0.25) is 0 Å². The highest BCUT2D eigenvalue weighted by atomic mass is 19.4. The summed E-state index contributed by atoms with van der Waals surface area (Å²) in [7, 11) is 0. The molecule has 0 amide bonds. The van der Waals surface area contributed by atoms with Gasteiger partial charge in [0, 0.05) is 18.1 Å². The Bertz CT molecular complexity index is 202. The van der Waals surface area contributed by atoms with Gasteiger partial charge in [-0.3, -0.25) is 4.90 Å². The largest absolute Gasteiger partial charge is 0.401 e. The third-order valence-corrected chi connectivity index (χ3v) is 2.71. The predicted octanol–water partition coefficient (Wildman–Crippen LogP) is 3.04. The summed E-state index contributed by atoms with van der Waals surface area (Å²) in [5.41, 5.74) is 0. The zero-order valence-electron chi connectivity index (χ0n) is 11.4. The lowest BCUT2D eigenvalue weighted by Gasteiger charge is -2.33. The van der Waals surface area contributed by atoms with Crippen LogP contribution in [-0.4, -0.2) is 42.3 Å². The molecule has 2 nitrogen and oxygen atoms in total. The van der Waals surface area contributed by atoms with Crippen LogP contribution in [0.4, 0.5) is 13.2 Å². The third-order valence-electron chi connectivity index (χ3n) is 2.71. The van der Waals surface area contributed by atoms with Crippen molar-refractivity contribution in [1.29, 1.82) is 0 Å². The summed E-state index contributed by atoms with van der Waals surface area (Å²) >= 11 is 0. The molecule has 0 aliphatic carbocycles. The number of nitrogens with one attached hydrogen (secondary N) is 1. The van der Waals surface area contributed by atoms with Crippen molar-refractivity contribution in [3.05, 3.63) is 0 Å². The number of hydrogen-bond acceptors (Lipinski definition) is 2. The number of halogens is 3. The third kappa shape index (κ3) is 8.44. The fraction of sp³-hybridized carbons (Fsp3) is 1.00. The van der Waals surface area contributed by atoms with Crippen LogP contribution in [0, 0.1) is 0 Å². The molecule has 1 atom stereocenters. The van der Waals surface area contributed by atoms with Gasteiger partial charge in [0.15, 0.2) is 0 Å². The Hall–Kier alpha value is -0.290. The van der Waals surface area contributed by atoms with E-state index in [-0.39, 0.29) is 12.1 Å². The quantitative estimate of drug-likeness (QED) is 0.751. The molecule has 104 valence electrons. The van der Waals surface area contributed by atoms with Crippen LogP contribution in [0.25, 0.3) is 0 Å². The second-order valence-electron chi connectivity index (χ2n) is 5.13. The van der Waals surface area contributed by atoms with Gasteiger partial charge < -0.3 is 5.32 Å². The Labute approximate surface area is 103 Å². The van der Waals surface area contributed by atoms with Crippen LogP contribution in [0.3, 0.4) is 0 Å². The van der Waals surface area contributed by atoms with Gasteiger partial charge in [-0.1, -0.05) is 13.8 Å². The van der Waals surface area contributed by atoms with Gasteiger partial charge in [0.25, 0.3) is 0 Å². The second kappa shape index (κ2) is 7.21. The van der Waals surface area contributed by atoms with E-state index in [1.54, 1.807) is 13.8 Å². The minimum atomic E-state index is -4.12. The molecule has 0 aliphatic rings. The zero-order valence-corrected chi connectivity index (χ0v) is 11.4. The lowest BCUT2D eigenvalue weighted by Crippen LogP contribution is -2.45. The van der Waals surface area contributed by atoms with Crippen molar-refractivity contribution in [2.24, 2.45) is 0 Å². The summed E-state index contributed by atoms with van der Waals surface area (Å²) in [6.07, 6.45) is -3.39. The van der Waals surface area contributed by atoms with Crippen LogP contribution >= 0.6 is 0 Å². The number of rotatable bonds is 7. The zero-order chi connectivity index (χ0) is 13.6. The van der Waals surface area contributed by atoms with E-state index in [1.165, 1.54) is 4.90 Å². The first-order valence-electron chi connectivity index (χ1n) is 6.19. The summed E-state index contributed by atoms with van der Waals surface area (Å²) in [5, 5.41) is 3.23. The van der Waals surface area contributed by atoms with Gasteiger partial charge in [-0.05, 0) is 33.7 Å². The Balaban J connectivity index is 4.21. The summed E-state index contributed by atoms with van der Waals surface area (Å²) in [6.45, 7) is 9.44. The van der Waals surface area contributed by atoms with Crippen molar-refractivity contribution < 1.29 is 13.2 Å². The Kier molecular flexibility index (Phi) is 7.09. The van der Waals surface area contributed by atoms with E-state index in [2.05, 4.69) is 5.32 Å². The molecule has 1 unspecified atom stereocenters. The van der Waals surface area contributed by atoms with E-state index >= 15 is 0 Å². The van der Waals surface area contributed by atoms with E-state index in [0.29, 0.717) is 6.04 Å². The molecule has 0 saturated heterocycles. The molecular formula is C12H25F3N2. The fourth-order valence-electron chi connectivity index (χ4n) is 1.80. The molecule has 17 heavy (non-hydrogen) atoms. The molecule has 0 spiro atoms. The van der Waals surface area contributed by atoms with Gasteiger partial charge in [-0.15, -0.1) is 0 Å². The lowest BCUT2D eigenvalue weighted by molar-refractivity contribution is -0.154. The molecule has 0 aromatic heterocycles. The van der Waals surface area contributed by atoms with Crippen molar-refractivity contribution in [3.63, 3.8) is 0 Å². The first-order chi connectivity index (χ1) is 7.63. The van der Waals surface area contributed by atoms with E-state index in [9.17, 15) is 13.2 Å². The topological polar surface area (TPSA) is 15.3 Å². The average molecular weight is 254 g/mol. The van der Waals surface area contributed by atoms with Crippen molar-refractivity contribution in [3.8, 4) is 0 Å². The SMILES string of the molecule is CC(C)NCCC(C)N(CC(F)(F)F)C(C)C. The van der Waals surface area contributed by atoms with Gasteiger partial charge in [-0.25, -0.2) is 0 Å². The van der Waals surface area contributed by atoms with Gasteiger partial charge in [0.05, 0.1) is 6.54 Å². The molecule has 0 rings (SSSR count). The van der Waals surface area contributed by atoms with Crippen LogP contribution in [0.15, 0.2) is 0 Å². The molecule has 0 aromatic rings. The summed E-state index contributed by atoms with van der Waals surface area (Å²) in [4.78, 5) is 1.50. The van der Waals surface area contributed by atoms with Gasteiger partial charge >= 0.3 is 6.18 Å². The Morgan fingerprint density at radius 2 is 1.59 bits per heavy atom. The molecular weight excluding hydrogens is 229 g/mol. The van der Waals surface area contributed by atoms with E-state index in [4.69, 9.17) is 0 Å². The summed E-state index contributed by atoms with van der Waals surface area (Å²) in [5.74, 6) is 0. The highest BCUT2D eigenvalue weighted by Crippen LogP contribution is 2.20. The maximum atomic E-state index is 12.4. The highest BCUT2D eigenvalue weighted by Gasteiger charge is 2.33. The minimum absolute atomic E-state index is 0.0668. The fourth-order valence-corrected chi connectivity index (χ4v) is 1.80. The molecule has 0 saturated carbocycles. The van der Waals surface area contributed by atoms with E-state index < -0.39 is 12.7 Å². The maximum Gasteiger partial charge on any atom is 0.401 e. The van der Waals surface area contributed by atoms with Gasteiger partial charge in [0.1, 0.15) is 0 Å². The molecule has 0 heterocycles. The van der Waals surface area contributed by atoms with Crippen LogP contribution in [0.1, 0.15) is 41.0 Å². The van der Waals surface area contributed by atoms with Crippen molar-refractivity contribution in [2.45, 2.75) is 65.3 Å². The lowest BCUT2D eigenvalue weighted by atomic mass is 10.1. The highest BCUT2D eigenvalue weighted by molar-refractivity contribution is 4.75. The molecule has 0 aliphatic heterocycles. The molecule has 1 N–H and O–H groups in total. The number of alkyl halides is 3. The second-order valence-corrected chi connectivity index (χ2v) is 5.13. The monoisotopic (exact) mass is 254 g/mol.